The summed E-state index contributed by atoms with van der Waals surface area (Å²) in [6.07, 6.45) is 1.53. The van der Waals surface area contributed by atoms with Gasteiger partial charge in [0.1, 0.15) is 5.75 Å². The van der Waals surface area contributed by atoms with Crippen LogP contribution in [0.4, 0.5) is 0 Å². The summed E-state index contributed by atoms with van der Waals surface area (Å²) in [5, 5.41) is 0. The average Bonchev–Trinajstić information content (AvgIpc) is 2.41. The number of amides is 1. The molecule has 5 nitrogen and oxygen atoms in total. The second-order valence-electron chi connectivity index (χ2n) is 4.27. The Morgan fingerprint density at radius 3 is 2.63 bits per heavy atom. The molecule has 1 amide bonds. The maximum absolute atomic E-state index is 11.1. The van der Waals surface area contributed by atoms with Crippen molar-refractivity contribution in [3.63, 3.8) is 0 Å². The van der Waals surface area contributed by atoms with Crippen LogP contribution in [0.3, 0.4) is 0 Å². The van der Waals surface area contributed by atoms with Gasteiger partial charge in [0, 0.05) is 11.8 Å². The van der Waals surface area contributed by atoms with Gasteiger partial charge in [-0.2, -0.15) is 0 Å². The third kappa shape index (κ3) is 2.54. The lowest BCUT2D eigenvalue weighted by Crippen LogP contribution is -2.15. The maximum Gasteiger partial charge on any atom is 0.286 e. The molecule has 98 valence electrons. The van der Waals surface area contributed by atoms with Crippen LogP contribution in [-0.2, 0) is 0 Å². The highest BCUT2D eigenvalue weighted by Crippen LogP contribution is 2.28. The quantitative estimate of drug-likeness (QED) is 0.910. The molecular formula is C14H15N3O2. The van der Waals surface area contributed by atoms with Crippen LogP contribution < -0.4 is 10.5 Å². The third-order valence-electron chi connectivity index (χ3n) is 2.89. The van der Waals surface area contributed by atoms with Gasteiger partial charge in [-0.05, 0) is 43.2 Å². The van der Waals surface area contributed by atoms with E-state index in [1.165, 1.54) is 6.20 Å². The normalized spacial score (nSPS) is 10.3. The van der Waals surface area contributed by atoms with Gasteiger partial charge < -0.3 is 10.5 Å². The van der Waals surface area contributed by atoms with Gasteiger partial charge in [-0.1, -0.05) is 0 Å². The largest absolute Gasteiger partial charge is 0.496 e. The lowest BCUT2D eigenvalue weighted by atomic mass is 10.0. The first-order valence-electron chi connectivity index (χ1n) is 5.81. The summed E-state index contributed by atoms with van der Waals surface area (Å²) in [4.78, 5) is 19.1. The van der Waals surface area contributed by atoms with Crippen LogP contribution in [0, 0.1) is 13.8 Å². The molecule has 0 saturated heterocycles. The third-order valence-corrected chi connectivity index (χ3v) is 2.89. The van der Waals surface area contributed by atoms with Crippen molar-refractivity contribution >= 4 is 5.91 Å². The molecule has 0 aliphatic carbocycles. The van der Waals surface area contributed by atoms with Crippen molar-refractivity contribution in [2.45, 2.75) is 13.8 Å². The van der Waals surface area contributed by atoms with Crippen molar-refractivity contribution in [1.82, 2.24) is 9.97 Å². The van der Waals surface area contributed by atoms with Gasteiger partial charge in [-0.15, -0.1) is 0 Å². The smallest absolute Gasteiger partial charge is 0.286 e. The van der Waals surface area contributed by atoms with Crippen LogP contribution in [0.15, 0.2) is 24.4 Å². The first kappa shape index (κ1) is 13.0. The summed E-state index contributed by atoms with van der Waals surface area (Å²) < 4.78 is 5.27. The minimum Gasteiger partial charge on any atom is -0.496 e. The molecule has 1 heterocycles. The Kier molecular flexibility index (Phi) is 3.46. The SMILES string of the molecule is COc1cc(C)c(-c2ccnc(C(N)=O)n2)cc1C. The number of ether oxygens (including phenoxy) is 1. The summed E-state index contributed by atoms with van der Waals surface area (Å²) in [7, 11) is 1.64. The highest BCUT2D eigenvalue weighted by Gasteiger charge is 2.11. The molecule has 2 rings (SSSR count). The van der Waals surface area contributed by atoms with E-state index in [0.717, 1.165) is 22.4 Å². The molecule has 1 aromatic carbocycles. The Labute approximate surface area is 111 Å². The van der Waals surface area contributed by atoms with E-state index in [1.54, 1.807) is 13.2 Å². The number of hydrogen-bond acceptors (Lipinski definition) is 4. The number of rotatable bonds is 3. The Hall–Kier alpha value is -2.43. The van der Waals surface area contributed by atoms with Gasteiger partial charge >= 0.3 is 0 Å². The fourth-order valence-electron chi connectivity index (χ4n) is 1.91. The van der Waals surface area contributed by atoms with E-state index in [0.29, 0.717) is 5.69 Å². The van der Waals surface area contributed by atoms with Crippen LogP contribution in [-0.4, -0.2) is 23.0 Å². The number of carbonyl (C=O) groups is 1. The second-order valence-corrected chi connectivity index (χ2v) is 4.27. The number of methoxy groups -OCH3 is 1. The van der Waals surface area contributed by atoms with Gasteiger partial charge in [0.25, 0.3) is 5.91 Å². The lowest BCUT2D eigenvalue weighted by Gasteiger charge is -2.11. The minimum atomic E-state index is -0.635. The van der Waals surface area contributed by atoms with Crippen LogP contribution >= 0.6 is 0 Å². The molecule has 0 spiro atoms. The Balaban J connectivity index is 2.56. The van der Waals surface area contributed by atoms with Crippen molar-refractivity contribution in [3.8, 4) is 17.0 Å². The first-order chi connectivity index (χ1) is 9.02. The highest BCUT2D eigenvalue weighted by atomic mass is 16.5. The number of aryl methyl sites for hydroxylation is 2. The molecule has 2 N–H and O–H groups in total. The van der Waals surface area contributed by atoms with E-state index < -0.39 is 5.91 Å². The second kappa shape index (κ2) is 5.06. The zero-order valence-corrected chi connectivity index (χ0v) is 11.1. The fourth-order valence-corrected chi connectivity index (χ4v) is 1.91. The molecule has 0 atom stereocenters. The molecule has 0 saturated carbocycles. The van der Waals surface area contributed by atoms with Gasteiger partial charge in [-0.3, -0.25) is 4.79 Å². The van der Waals surface area contributed by atoms with E-state index in [9.17, 15) is 4.79 Å². The van der Waals surface area contributed by atoms with Gasteiger partial charge in [0.05, 0.1) is 12.8 Å². The molecular weight excluding hydrogens is 242 g/mol. The molecule has 0 fully saturated rings. The number of hydrogen-bond donors (Lipinski definition) is 1. The van der Waals surface area contributed by atoms with Crippen molar-refractivity contribution in [1.29, 1.82) is 0 Å². The molecule has 0 bridgehead atoms. The highest BCUT2D eigenvalue weighted by molar-refractivity contribution is 5.89. The van der Waals surface area contributed by atoms with E-state index in [1.807, 2.05) is 26.0 Å². The number of nitrogens with zero attached hydrogens (tertiary/aromatic N) is 2. The summed E-state index contributed by atoms with van der Waals surface area (Å²) in [6, 6.07) is 5.67. The Bertz CT molecular complexity index is 639. The minimum absolute atomic E-state index is 0.0189. The molecule has 5 heteroatoms. The van der Waals surface area contributed by atoms with Crippen molar-refractivity contribution in [2.75, 3.05) is 7.11 Å². The van der Waals surface area contributed by atoms with E-state index in [-0.39, 0.29) is 5.82 Å². The molecule has 19 heavy (non-hydrogen) atoms. The molecule has 0 unspecified atom stereocenters. The topological polar surface area (TPSA) is 78.1 Å². The zero-order chi connectivity index (χ0) is 14.0. The maximum atomic E-state index is 11.1. The van der Waals surface area contributed by atoms with Crippen LogP contribution in [0.5, 0.6) is 5.75 Å². The van der Waals surface area contributed by atoms with Crippen LogP contribution in [0.2, 0.25) is 0 Å². The predicted molar refractivity (Wildman–Crippen MR) is 72.0 cm³/mol. The van der Waals surface area contributed by atoms with E-state index in [2.05, 4.69) is 9.97 Å². The molecule has 1 aromatic heterocycles. The van der Waals surface area contributed by atoms with Gasteiger partial charge in [-0.25, -0.2) is 9.97 Å². The zero-order valence-electron chi connectivity index (χ0n) is 11.1. The molecule has 0 aliphatic heterocycles. The first-order valence-corrected chi connectivity index (χ1v) is 5.81. The summed E-state index contributed by atoms with van der Waals surface area (Å²) >= 11 is 0. The Morgan fingerprint density at radius 2 is 2.00 bits per heavy atom. The molecule has 0 radical (unpaired) electrons. The standard InChI is InChI=1S/C14H15N3O2/c1-8-7-12(19-3)9(2)6-10(8)11-4-5-16-14(17-11)13(15)18/h4-7H,1-3H3,(H2,15,18). The predicted octanol–water partition coefficient (Wildman–Crippen LogP) is 1.87. The molecule has 0 aliphatic rings. The monoisotopic (exact) mass is 257 g/mol. The van der Waals surface area contributed by atoms with Crippen LogP contribution in [0.1, 0.15) is 21.7 Å². The summed E-state index contributed by atoms with van der Waals surface area (Å²) in [5.74, 6) is 0.209. The van der Waals surface area contributed by atoms with Gasteiger partial charge in [0.15, 0.2) is 0 Å². The number of primary amides is 1. The summed E-state index contributed by atoms with van der Waals surface area (Å²) in [6.45, 7) is 3.92. The summed E-state index contributed by atoms with van der Waals surface area (Å²) in [5.41, 5.74) is 8.81. The fraction of sp³-hybridized carbons (Fsp3) is 0.214. The van der Waals surface area contributed by atoms with Gasteiger partial charge in [0.2, 0.25) is 5.82 Å². The van der Waals surface area contributed by atoms with Crippen molar-refractivity contribution < 1.29 is 9.53 Å². The molecule has 2 aromatic rings. The van der Waals surface area contributed by atoms with Crippen molar-refractivity contribution in [3.05, 3.63) is 41.3 Å². The Morgan fingerprint density at radius 1 is 1.26 bits per heavy atom. The lowest BCUT2D eigenvalue weighted by molar-refractivity contribution is 0.0990. The number of carbonyl (C=O) groups excluding carboxylic acids is 1. The van der Waals surface area contributed by atoms with E-state index >= 15 is 0 Å². The number of benzene rings is 1. The average molecular weight is 257 g/mol. The van der Waals surface area contributed by atoms with Crippen molar-refractivity contribution in [2.24, 2.45) is 5.73 Å². The van der Waals surface area contributed by atoms with Crippen LogP contribution in [0.25, 0.3) is 11.3 Å². The number of nitrogens with two attached hydrogens (primary N) is 1. The van der Waals surface area contributed by atoms with E-state index in [4.69, 9.17) is 10.5 Å². The number of aromatic nitrogens is 2.